The second-order valence-electron chi connectivity index (χ2n) is 10.3. The van der Waals surface area contributed by atoms with E-state index < -0.39 is 22.1 Å². The molecule has 0 radical (unpaired) electrons. The maximum absolute atomic E-state index is 14.1. The first-order valence-corrected chi connectivity index (χ1v) is 15.7. The van der Waals surface area contributed by atoms with Gasteiger partial charge in [-0.1, -0.05) is 23.7 Å². The molecule has 14 heteroatoms. The Morgan fingerprint density at radius 1 is 1.00 bits per heavy atom. The molecule has 1 N–H and O–H groups in total. The van der Waals surface area contributed by atoms with E-state index >= 15 is 0 Å². The Bertz CT molecular complexity index is 1840. The van der Waals surface area contributed by atoms with E-state index in [0.717, 1.165) is 0 Å². The molecule has 12 nitrogen and oxygen atoms in total. The van der Waals surface area contributed by atoms with Crippen molar-refractivity contribution in [2.45, 2.75) is 17.9 Å². The third-order valence-corrected chi connectivity index (χ3v) is 9.10. The molecule has 0 spiro atoms. The first-order chi connectivity index (χ1) is 21.0. The van der Waals surface area contributed by atoms with E-state index in [1.54, 1.807) is 49.4 Å². The molecule has 2 heterocycles. The number of para-hydroxylation sites is 1. The van der Waals surface area contributed by atoms with Gasteiger partial charge in [0.1, 0.15) is 11.5 Å². The molecular weight excluding hydrogens is 608 g/mol. The van der Waals surface area contributed by atoms with Gasteiger partial charge in [-0.15, -0.1) is 0 Å². The van der Waals surface area contributed by atoms with Crippen LogP contribution in [0, 0.1) is 0 Å². The van der Waals surface area contributed by atoms with Crippen molar-refractivity contribution in [3.8, 4) is 11.5 Å². The van der Waals surface area contributed by atoms with Crippen LogP contribution in [0.4, 0.5) is 10.5 Å². The van der Waals surface area contributed by atoms with Crippen LogP contribution in [0.2, 0.25) is 5.02 Å². The highest BCUT2D eigenvalue weighted by atomic mass is 35.5. The van der Waals surface area contributed by atoms with Crippen LogP contribution in [0.1, 0.15) is 18.8 Å². The Morgan fingerprint density at radius 2 is 1.68 bits per heavy atom. The highest BCUT2D eigenvalue weighted by molar-refractivity contribution is 7.90. The maximum Gasteiger partial charge on any atom is 0.336 e. The summed E-state index contributed by atoms with van der Waals surface area (Å²) in [5.74, 6) is 0.949. The second kappa shape index (κ2) is 12.7. The Labute approximate surface area is 260 Å². The summed E-state index contributed by atoms with van der Waals surface area (Å²) in [5, 5.41) is 2.67. The van der Waals surface area contributed by atoms with Gasteiger partial charge in [-0.05, 0) is 62.5 Å². The number of amides is 2. The summed E-state index contributed by atoms with van der Waals surface area (Å²) >= 11 is 5.95. The first kappa shape index (κ1) is 31.1. The average Bonchev–Trinajstić information content (AvgIpc) is 3.01. The van der Waals surface area contributed by atoms with Crippen LogP contribution < -0.4 is 29.7 Å². The molecule has 2 amide bonds. The van der Waals surface area contributed by atoms with E-state index in [0.29, 0.717) is 47.9 Å². The third kappa shape index (κ3) is 6.16. The molecule has 1 aromatic heterocycles. The third-order valence-electron chi connectivity index (χ3n) is 7.51. The summed E-state index contributed by atoms with van der Waals surface area (Å²) in [6, 6.07) is 15.3. The molecule has 44 heavy (non-hydrogen) atoms. The van der Waals surface area contributed by atoms with Crippen LogP contribution in [0.5, 0.6) is 11.5 Å². The number of halogens is 1. The number of fused-ring (bicyclic) bond motifs is 1. The Kier molecular flexibility index (Phi) is 9.00. The van der Waals surface area contributed by atoms with Crippen LogP contribution in [-0.4, -0.2) is 76.5 Å². The number of carbonyl (C=O) groups is 1. The van der Waals surface area contributed by atoms with Crippen molar-refractivity contribution in [3.05, 3.63) is 87.9 Å². The van der Waals surface area contributed by atoms with E-state index in [1.165, 1.54) is 48.1 Å². The standard InChI is InChI=1S/C30H33ClN6O6S/c1-20(28-32-25-8-6-5-7-24(25)29(38)37(28)35-17-15-34(2)16-18-35)36(26-14-11-22(42-3)19-27(26)43-4)30(39)33-44(40,41)23-12-9-21(31)10-13-23/h5-14,19-20H,15-18H2,1-4H3,(H,33,39). The van der Waals surface area contributed by atoms with E-state index in [9.17, 15) is 18.0 Å². The molecule has 3 aromatic carbocycles. The number of nitrogens with one attached hydrogen (secondary N) is 1. The molecule has 0 bridgehead atoms. The zero-order chi connectivity index (χ0) is 31.6. The molecule has 1 atom stereocenters. The molecule has 5 rings (SSSR count). The number of piperazine rings is 1. The number of benzene rings is 3. The van der Waals surface area contributed by atoms with Gasteiger partial charge < -0.3 is 19.4 Å². The van der Waals surface area contributed by atoms with E-state index in [-0.39, 0.29) is 27.7 Å². The molecule has 4 aromatic rings. The number of hydrogen-bond donors (Lipinski definition) is 1. The number of carbonyl (C=O) groups excluding carboxylic acids is 1. The number of likely N-dealkylation sites (N-methyl/N-ethyl adjacent to an activating group) is 1. The smallest absolute Gasteiger partial charge is 0.336 e. The minimum absolute atomic E-state index is 0.150. The van der Waals surface area contributed by atoms with Gasteiger partial charge in [-0.3, -0.25) is 9.69 Å². The van der Waals surface area contributed by atoms with Crippen molar-refractivity contribution in [3.63, 3.8) is 0 Å². The minimum atomic E-state index is -4.33. The number of ether oxygens (including phenoxy) is 2. The number of aromatic nitrogens is 2. The van der Waals surface area contributed by atoms with Gasteiger partial charge >= 0.3 is 6.03 Å². The van der Waals surface area contributed by atoms with Gasteiger partial charge in [0.15, 0.2) is 5.82 Å². The fourth-order valence-electron chi connectivity index (χ4n) is 5.11. The van der Waals surface area contributed by atoms with Gasteiger partial charge in [-0.2, -0.15) is 0 Å². The molecule has 232 valence electrons. The highest BCUT2D eigenvalue weighted by Gasteiger charge is 2.34. The fraction of sp³-hybridized carbons (Fsp3) is 0.300. The number of rotatable bonds is 8. The Morgan fingerprint density at radius 3 is 2.34 bits per heavy atom. The lowest BCUT2D eigenvalue weighted by Gasteiger charge is -2.38. The van der Waals surface area contributed by atoms with Crippen LogP contribution in [0.3, 0.4) is 0 Å². The molecular formula is C30H33ClN6O6S. The van der Waals surface area contributed by atoms with Gasteiger partial charge in [0.2, 0.25) is 0 Å². The lowest BCUT2D eigenvalue weighted by molar-refractivity contribution is 0.247. The Balaban J connectivity index is 1.68. The monoisotopic (exact) mass is 640 g/mol. The van der Waals surface area contributed by atoms with Gasteiger partial charge in [0.25, 0.3) is 15.6 Å². The average molecular weight is 641 g/mol. The normalized spacial score (nSPS) is 14.7. The molecule has 1 unspecified atom stereocenters. The number of sulfonamides is 1. The summed E-state index contributed by atoms with van der Waals surface area (Å²) in [7, 11) is 0.601. The predicted molar refractivity (Wildman–Crippen MR) is 169 cm³/mol. The number of methoxy groups -OCH3 is 2. The summed E-state index contributed by atoms with van der Waals surface area (Å²) in [6.45, 7) is 4.19. The highest BCUT2D eigenvalue weighted by Crippen LogP contribution is 2.37. The lowest BCUT2D eigenvalue weighted by Crippen LogP contribution is -2.55. The number of nitrogens with zero attached hydrogens (tertiary/aromatic N) is 5. The zero-order valence-corrected chi connectivity index (χ0v) is 26.3. The topological polar surface area (TPSA) is 126 Å². The van der Waals surface area contributed by atoms with Crippen LogP contribution >= 0.6 is 11.6 Å². The summed E-state index contributed by atoms with van der Waals surface area (Å²) in [6.07, 6.45) is 0. The van der Waals surface area contributed by atoms with Crippen LogP contribution in [0.15, 0.2) is 76.4 Å². The largest absolute Gasteiger partial charge is 0.497 e. The second-order valence-corrected chi connectivity index (χ2v) is 12.4. The fourth-order valence-corrected chi connectivity index (χ4v) is 6.18. The van der Waals surface area contributed by atoms with Crippen molar-refractivity contribution in [1.82, 2.24) is 19.3 Å². The summed E-state index contributed by atoms with van der Waals surface area (Å²) in [5.41, 5.74) is 0.385. The van der Waals surface area contributed by atoms with E-state index in [4.69, 9.17) is 26.1 Å². The molecule has 0 aliphatic carbocycles. The van der Waals surface area contributed by atoms with Crippen LogP contribution in [-0.2, 0) is 10.0 Å². The van der Waals surface area contributed by atoms with Crippen LogP contribution in [0.25, 0.3) is 10.9 Å². The molecule has 0 saturated carbocycles. The predicted octanol–water partition coefficient (Wildman–Crippen LogP) is 3.62. The quantitative estimate of drug-likeness (QED) is 0.307. The van der Waals surface area contributed by atoms with Crippen molar-refractivity contribution in [2.75, 3.05) is 57.4 Å². The number of anilines is 1. The van der Waals surface area contributed by atoms with Crippen molar-refractivity contribution in [2.24, 2.45) is 0 Å². The molecule has 1 fully saturated rings. The molecule has 1 aliphatic heterocycles. The first-order valence-electron chi connectivity index (χ1n) is 13.8. The lowest BCUT2D eigenvalue weighted by atomic mass is 10.1. The van der Waals surface area contributed by atoms with E-state index in [1.807, 2.05) is 12.1 Å². The SMILES string of the molecule is COc1ccc(N(C(=O)NS(=O)(=O)c2ccc(Cl)cc2)C(C)c2nc3ccccc3c(=O)n2N2CCN(C)CC2)c(OC)c1. The molecule has 1 saturated heterocycles. The van der Waals surface area contributed by atoms with Crippen molar-refractivity contribution < 1.29 is 22.7 Å². The Hall–Kier alpha value is -4.33. The minimum Gasteiger partial charge on any atom is -0.497 e. The summed E-state index contributed by atoms with van der Waals surface area (Å²) < 4.78 is 41.3. The maximum atomic E-state index is 14.1. The van der Waals surface area contributed by atoms with Gasteiger partial charge in [0.05, 0.1) is 41.7 Å². The van der Waals surface area contributed by atoms with E-state index in [2.05, 4.69) is 9.62 Å². The number of urea groups is 1. The zero-order valence-electron chi connectivity index (χ0n) is 24.7. The molecule has 1 aliphatic rings. The van der Waals surface area contributed by atoms with Gasteiger partial charge in [0, 0.05) is 37.3 Å². The number of hydrogen-bond acceptors (Lipinski definition) is 9. The van der Waals surface area contributed by atoms with Crippen molar-refractivity contribution in [1.29, 1.82) is 0 Å². The summed E-state index contributed by atoms with van der Waals surface area (Å²) in [4.78, 5) is 36.2. The van der Waals surface area contributed by atoms with Gasteiger partial charge in [-0.25, -0.2) is 27.6 Å². The van der Waals surface area contributed by atoms with Crippen molar-refractivity contribution >= 4 is 44.2 Å².